The van der Waals surface area contributed by atoms with Gasteiger partial charge in [-0.1, -0.05) is 5.16 Å². The molecular formula is C17H26N4O3. The molecule has 7 heteroatoms. The Morgan fingerprint density at radius 2 is 2.17 bits per heavy atom. The predicted octanol–water partition coefficient (Wildman–Crippen LogP) is 1.76. The number of carbonyl (C=O) groups is 1. The third-order valence-corrected chi connectivity index (χ3v) is 5.76. The molecule has 3 saturated heterocycles. The third kappa shape index (κ3) is 3.07. The summed E-state index contributed by atoms with van der Waals surface area (Å²) in [4.78, 5) is 20.9. The highest BCUT2D eigenvalue weighted by molar-refractivity contribution is 5.79. The Hall–Kier alpha value is -1.47. The van der Waals surface area contributed by atoms with Gasteiger partial charge in [0.05, 0.1) is 6.54 Å². The van der Waals surface area contributed by atoms with Gasteiger partial charge in [-0.2, -0.15) is 4.98 Å². The van der Waals surface area contributed by atoms with Gasteiger partial charge in [0.15, 0.2) is 5.82 Å². The zero-order chi connectivity index (χ0) is 16.6. The summed E-state index contributed by atoms with van der Waals surface area (Å²) >= 11 is 0. The number of nitrogens with zero attached hydrogens (tertiary/aromatic N) is 4. The van der Waals surface area contributed by atoms with Crippen LogP contribution in [0.15, 0.2) is 4.52 Å². The van der Waals surface area contributed by atoms with Crippen LogP contribution < -0.4 is 0 Å². The highest BCUT2D eigenvalue weighted by Crippen LogP contribution is 2.41. The monoisotopic (exact) mass is 334 g/mol. The van der Waals surface area contributed by atoms with E-state index in [0.717, 1.165) is 77.3 Å². The SMILES string of the molecule is CCN1CC2(CCN(Cc3noc(C4CCCO4)n3)CC2)CC1=O. The van der Waals surface area contributed by atoms with Crippen LogP contribution in [0.2, 0.25) is 0 Å². The molecule has 24 heavy (non-hydrogen) atoms. The highest BCUT2D eigenvalue weighted by atomic mass is 16.5. The van der Waals surface area contributed by atoms with E-state index < -0.39 is 0 Å². The summed E-state index contributed by atoms with van der Waals surface area (Å²) in [5.74, 6) is 1.69. The Bertz CT molecular complexity index is 588. The van der Waals surface area contributed by atoms with Gasteiger partial charge in [-0.3, -0.25) is 9.69 Å². The summed E-state index contributed by atoms with van der Waals surface area (Å²) in [6.07, 6.45) is 4.89. The average molecular weight is 334 g/mol. The second-order valence-corrected chi connectivity index (χ2v) is 7.41. The van der Waals surface area contributed by atoms with E-state index in [1.54, 1.807) is 0 Å². The van der Waals surface area contributed by atoms with Crippen LogP contribution in [-0.2, 0) is 16.1 Å². The molecule has 4 heterocycles. The number of ether oxygens (including phenoxy) is 1. The summed E-state index contributed by atoms with van der Waals surface area (Å²) in [5.41, 5.74) is 0.198. The van der Waals surface area contributed by atoms with E-state index in [0.29, 0.717) is 11.8 Å². The van der Waals surface area contributed by atoms with Gasteiger partial charge in [-0.05, 0) is 51.1 Å². The molecular weight excluding hydrogens is 308 g/mol. The molecule has 1 atom stereocenters. The topological polar surface area (TPSA) is 71.7 Å². The van der Waals surface area contributed by atoms with Crippen LogP contribution in [0.25, 0.3) is 0 Å². The number of carbonyl (C=O) groups excluding carboxylic acids is 1. The van der Waals surface area contributed by atoms with Gasteiger partial charge in [0.25, 0.3) is 5.89 Å². The molecule has 0 bridgehead atoms. The van der Waals surface area contributed by atoms with Gasteiger partial charge < -0.3 is 14.2 Å². The van der Waals surface area contributed by atoms with Crippen LogP contribution in [-0.4, -0.2) is 58.6 Å². The lowest BCUT2D eigenvalue weighted by Gasteiger charge is -2.38. The van der Waals surface area contributed by atoms with Gasteiger partial charge in [-0.15, -0.1) is 0 Å². The number of likely N-dealkylation sites (tertiary alicyclic amines) is 2. The molecule has 3 aliphatic rings. The molecule has 1 aromatic rings. The number of aromatic nitrogens is 2. The van der Waals surface area contributed by atoms with Crippen LogP contribution in [0.4, 0.5) is 0 Å². The number of hydrogen-bond donors (Lipinski definition) is 0. The second kappa shape index (κ2) is 6.44. The van der Waals surface area contributed by atoms with Crippen molar-refractivity contribution in [3.8, 4) is 0 Å². The molecule has 0 saturated carbocycles. The Morgan fingerprint density at radius 3 is 2.83 bits per heavy atom. The maximum absolute atomic E-state index is 12.0. The van der Waals surface area contributed by atoms with E-state index in [9.17, 15) is 4.79 Å². The normalized spacial score (nSPS) is 27.5. The lowest BCUT2D eigenvalue weighted by molar-refractivity contribution is -0.127. The number of amides is 1. The molecule has 1 spiro atoms. The Balaban J connectivity index is 1.31. The molecule has 132 valence electrons. The van der Waals surface area contributed by atoms with Crippen LogP contribution in [0, 0.1) is 5.41 Å². The minimum absolute atomic E-state index is 0.0135. The van der Waals surface area contributed by atoms with Crippen LogP contribution >= 0.6 is 0 Å². The second-order valence-electron chi connectivity index (χ2n) is 7.41. The number of piperidine rings is 1. The first kappa shape index (κ1) is 16.0. The average Bonchev–Trinajstić information content (AvgIpc) is 3.30. The van der Waals surface area contributed by atoms with Gasteiger partial charge >= 0.3 is 0 Å². The Kier molecular flexibility index (Phi) is 4.30. The Morgan fingerprint density at radius 1 is 1.33 bits per heavy atom. The van der Waals surface area contributed by atoms with E-state index in [2.05, 4.69) is 22.0 Å². The minimum Gasteiger partial charge on any atom is -0.368 e. The fourth-order valence-corrected chi connectivity index (χ4v) is 4.22. The van der Waals surface area contributed by atoms with Crippen molar-refractivity contribution in [1.29, 1.82) is 0 Å². The molecule has 3 fully saturated rings. The number of rotatable bonds is 4. The van der Waals surface area contributed by atoms with E-state index in [1.165, 1.54) is 0 Å². The fourth-order valence-electron chi connectivity index (χ4n) is 4.22. The molecule has 1 unspecified atom stereocenters. The molecule has 1 aromatic heterocycles. The van der Waals surface area contributed by atoms with E-state index in [1.807, 2.05) is 4.90 Å². The van der Waals surface area contributed by atoms with Gasteiger partial charge in [0.1, 0.15) is 6.10 Å². The molecule has 0 N–H and O–H groups in total. The van der Waals surface area contributed by atoms with Gasteiger partial charge in [-0.25, -0.2) is 0 Å². The molecule has 1 amide bonds. The third-order valence-electron chi connectivity index (χ3n) is 5.76. The maximum atomic E-state index is 12.0. The van der Waals surface area contributed by atoms with Crippen molar-refractivity contribution in [2.75, 3.05) is 32.8 Å². The lowest BCUT2D eigenvalue weighted by atomic mass is 9.77. The zero-order valence-electron chi connectivity index (χ0n) is 14.4. The predicted molar refractivity (Wildman–Crippen MR) is 86.0 cm³/mol. The van der Waals surface area contributed by atoms with Crippen LogP contribution in [0.5, 0.6) is 0 Å². The van der Waals surface area contributed by atoms with Crippen molar-refractivity contribution >= 4 is 5.91 Å². The van der Waals surface area contributed by atoms with Crippen molar-refractivity contribution in [1.82, 2.24) is 19.9 Å². The quantitative estimate of drug-likeness (QED) is 0.835. The van der Waals surface area contributed by atoms with E-state index in [4.69, 9.17) is 9.26 Å². The van der Waals surface area contributed by atoms with E-state index in [-0.39, 0.29) is 11.5 Å². The first-order chi connectivity index (χ1) is 11.7. The highest BCUT2D eigenvalue weighted by Gasteiger charge is 2.44. The van der Waals surface area contributed by atoms with E-state index >= 15 is 0 Å². The van der Waals surface area contributed by atoms with Crippen LogP contribution in [0.3, 0.4) is 0 Å². The summed E-state index contributed by atoms with van der Waals surface area (Å²) < 4.78 is 11.0. The largest absolute Gasteiger partial charge is 0.368 e. The number of hydrogen-bond acceptors (Lipinski definition) is 6. The summed E-state index contributed by atoms with van der Waals surface area (Å²) in [5, 5.41) is 4.11. The van der Waals surface area contributed by atoms with Crippen molar-refractivity contribution in [3.05, 3.63) is 11.7 Å². The fraction of sp³-hybridized carbons (Fsp3) is 0.824. The zero-order valence-corrected chi connectivity index (χ0v) is 14.4. The first-order valence-electron chi connectivity index (χ1n) is 9.12. The Labute approximate surface area is 142 Å². The van der Waals surface area contributed by atoms with Gasteiger partial charge in [0, 0.05) is 26.1 Å². The summed E-state index contributed by atoms with van der Waals surface area (Å²) in [7, 11) is 0. The van der Waals surface area contributed by atoms with Crippen molar-refractivity contribution < 1.29 is 14.1 Å². The molecule has 0 aliphatic carbocycles. The standard InChI is InChI=1S/C17H26N4O3/c1-2-21-12-17(10-15(21)22)5-7-20(8-6-17)11-14-18-16(24-19-14)13-4-3-9-23-13/h13H,2-12H2,1H3. The summed E-state index contributed by atoms with van der Waals surface area (Å²) in [6.45, 7) is 7.32. The molecule has 3 aliphatic heterocycles. The van der Waals surface area contributed by atoms with Crippen molar-refractivity contribution in [2.45, 2.75) is 51.7 Å². The summed E-state index contributed by atoms with van der Waals surface area (Å²) in [6, 6.07) is 0. The van der Waals surface area contributed by atoms with Crippen molar-refractivity contribution in [3.63, 3.8) is 0 Å². The maximum Gasteiger partial charge on any atom is 0.255 e. The molecule has 4 rings (SSSR count). The van der Waals surface area contributed by atoms with Crippen LogP contribution in [0.1, 0.15) is 56.8 Å². The smallest absolute Gasteiger partial charge is 0.255 e. The molecule has 7 nitrogen and oxygen atoms in total. The lowest BCUT2D eigenvalue weighted by Crippen LogP contribution is -2.41. The molecule has 0 radical (unpaired) electrons. The minimum atomic E-state index is -0.0135. The van der Waals surface area contributed by atoms with Gasteiger partial charge in [0.2, 0.25) is 5.91 Å². The van der Waals surface area contributed by atoms with Crippen molar-refractivity contribution in [2.24, 2.45) is 5.41 Å². The first-order valence-corrected chi connectivity index (χ1v) is 9.12. The molecule has 0 aromatic carbocycles.